The molecule has 1 aromatic carbocycles. The molecule has 1 N–H and O–H groups in total. The number of hydrogen-bond donors (Lipinski definition) is 1. The fraction of sp³-hybridized carbons (Fsp3) is 0.625. The van der Waals surface area contributed by atoms with Gasteiger partial charge in [-0.3, -0.25) is 5.43 Å². The number of methoxy groups -OCH3 is 1. The Balaban J connectivity index is 1.46. The van der Waals surface area contributed by atoms with E-state index in [1.165, 1.54) is 31.5 Å². The summed E-state index contributed by atoms with van der Waals surface area (Å²) in [5.74, 6) is 1.66. The van der Waals surface area contributed by atoms with Crippen LogP contribution in [0.3, 0.4) is 0 Å². The van der Waals surface area contributed by atoms with Crippen LogP contribution in [0.15, 0.2) is 24.3 Å². The van der Waals surface area contributed by atoms with Crippen LogP contribution in [0, 0.1) is 0 Å². The SMILES string of the molecule is COc1cccc(C2CC(NN3CCN(C)CC3)C2)c1. The molecule has 0 spiro atoms. The number of ether oxygens (including phenoxy) is 1. The molecule has 20 heavy (non-hydrogen) atoms. The minimum atomic E-state index is 0.648. The maximum atomic E-state index is 5.30. The Hall–Kier alpha value is -1.10. The molecule has 0 radical (unpaired) electrons. The van der Waals surface area contributed by atoms with Crippen LogP contribution < -0.4 is 10.2 Å². The number of rotatable bonds is 4. The largest absolute Gasteiger partial charge is 0.497 e. The molecule has 1 aromatic rings. The predicted molar refractivity (Wildman–Crippen MR) is 81.0 cm³/mol. The number of likely N-dealkylation sites (N-methyl/N-ethyl adjacent to an activating group) is 1. The molecule has 0 atom stereocenters. The molecule has 2 fully saturated rings. The van der Waals surface area contributed by atoms with E-state index in [0.717, 1.165) is 18.8 Å². The maximum absolute atomic E-state index is 5.30. The quantitative estimate of drug-likeness (QED) is 0.905. The van der Waals surface area contributed by atoms with Gasteiger partial charge in [0.1, 0.15) is 5.75 Å². The molecule has 1 saturated heterocycles. The van der Waals surface area contributed by atoms with Gasteiger partial charge < -0.3 is 9.64 Å². The minimum absolute atomic E-state index is 0.648. The van der Waals surface area contributed by atoms with Crippen molar-refractivity contribution in [2.45, 2.75) is 24.8 Å². The van der Waals surface area contributed by atoms with Crippen molar-refractivity contribution < 1.29 is 4.74 Å². The fourth-order valence-corrected chi connectivity index (χ4v) is 3.08. The van der Waals surface area contributed by atoms with Crippen LogP contribution in [0.1, 0.15) is 24.3 Å². The third-order valence-corrected chi connectivity index (χ3v) is 4.57. The van der Waals surface area contributed by atoms with E-state index in [2.05, 4.69) is 40.6 Å². The summed E-state index contributed by atoms with van der Waals surface area (Å²) in [6.07, 6.45) is 2.47. The summed E-state index contributed by atoms with van der Waals surface area (Å²) in [6.45, 7) is 4.60. The highest BCUT2D eigenvalue weighted by molar-refractivity contribution is 5.32. The summed E-state index contributed by atoms with van der Waals surface area (Å²) in [4.78, 5) is 2.39. The van der Waals surface area contributed by atoms with Crippen molar-refractivity contribution in [3.63, 3.8) is 0 Å². The van der Waals surface area contributed by atoms with E-state index in [4.69, 9.17) is 4.74 Å². The van der Waals surface area contributed by atoms with Gasteiger partial charge in [-0.1, -0.05) is 12.1 Å². The van der Waals surface area contributed by atoms with Crippen molar-refractivity contribution >= 4 is 0 Å². The van der Waals surface area contributed by atoms with E-state index < -0.39 is 0 Å². The zero-order chi connectivity index (χ0) is 13.9. The Morgan fingerprint density at radius 2 is 1.90 bits per heavy atom. The number of benzene rings is 1. The standard InChI is InChI=1S/C16H25N3O/c1-18-6-8-19(9-7-18)17-15-10-14(11-15)13-4-3-5-16(12-13)20-2/h3-5,12,14-15,17H,6-11H2,1-2H3. The van der Waals surface area contributed by atoms with Crippen LogP contribution in [-0.4, -0.2) is 56.3 Å². The van der Waals surface area contributed by atoms with Gasteiger partial charge in [-0.05, 0) is 43.5 Å². The van der Waals surface area contributed by atoms with Crippen LogP contribution in [0.4, 0.5) is 0 Å². The highest BCUT2D eigenvalue weighted by Crippen LogP contribution is 2.38. The van der Waals surface area contributed by atoms with Crippen LogP contribution in [0.5, 0.6) is 5.75 Å². The Morgan fingerprint density at radius 3 is 2.60 bits per heavy atom. The number of hydrazine groups is 1. The maximum Gasteiger partial charge on any atom is 0.119 e. The van der Waals surface area contributed by atoms with Crippen LogP contribution in [0.25, 0.3) is 0 Å². The Labute approximate surface area is 121 Å². The molecule has 1 aliphatic heterocycles. The molecule has 0 aromatic heterocycles. The second kappa shape index (κ2) is 6.12. The third kappa shape index (κ3) is 3.14. The first-order chi connectivity index (χ1) is 9.74. The summed E-state index contributed by atoms with van der Waals surface area (Å²) < 4.78 is 5.30. The van der Waals surface area contributed by atoms with E-state index in [-0.39, 0.29) is 0 Å². The molecule has 0 unspecified atom stereocenters. The summed E-state index contributed by atoms with van der Waals surface area (Å²) >= 11 is 0. The summed E-state index contributed by atoms with van der Waals surface area (Å²) in [5.41, 5.74) is 5.10. The Morgan fingerprint density at radius 1 is 1.15 bits per heavy atom. The fourth-order valence-electron chi connectivity index (χ4n) is 3.08. The molecule has 4 heteroatoms. The van der Waals surface area contributed by atoms with E-state index in [1.807, 2.05) is 6.07 Å². The van der Waals surface area contributed by atoms with E-state index in [9.17, 15) is 0 Å². The van der Waals surface area contributed by atoms with Gasteiger partial charge in [0.2, 0.25) is 0 Å². The Kier molecular flexibility index (Phi) is 4.24. The minimum Gasteiger partial charge on any atom is -0.497 e. The number of piperazine rings is 1. The lowest BCUT2D eigenvalue weighted by atomic mass is 9.76. The second-order valence-corrected chi connectivity index (χ2v) is 6.06. The molecule has 1 aliphatic carbocycles. The van der Waals surface area contributed by atoms with Crippen molar-refractivity contribution in [3.8, 4) is 5.75 Å². The van der Waals surface area contributed by atoms with Crippen molar-refractivity contribution in [2.24, 2.45) is 0 Å². The monoisotopic (exact) mass is 275 g/mol. The Bertz CT molecular complexity index is 437. The zero-order valence-corrected chi connectivity index (χ0v) is 12.5. The lowest BCUT2D eigenvalue weighted by Crippen LogP contribution is -2.56. The highest BCUT2D eigenvalue weighted by atomic mass is 16.5. The van der Waals surface area contributed by atoms with Crippen molar-refractivity contribution in [3.05, 3.63) is 29.8 Å². The van der Waals surface area contributed by atoms with Crippen LogP contribution in [0.2, 0.25) is 0 Å². The summed E-state index contributed by atoms with van der Waals surface area (Å²) in [7, 11) is 3.93. The lowest BCUT2D eigenvalue weighted by Gasteiger charge is -2.42. The average molecular weight is 275 g/mol. The van der Waals surface area contributed by atoms with E-state index in [1.54, 1.807) is 7.11 Å². The van der Waals surface area contributed by atoms with Crippen molar-refractivity contribution in [2.75, 3.05) is 40.3 Å². The summed E-state index contributed by atoms with van der Waals surface area (Å²) in [5, 5.41) is 2.40. The van der Waals surface area contributed by atoms with Crippen LogP contribution >= 0.6 is 0 Å². The molecule has 3 rings (SSSR count). The molecule has 1 saturated carbocycles. The van der Waals surface area contributed by atoms with Crippen LogP contribution in [-0.2, 0) is 0 Å². The molecule has 110 valence electrons. The zero-order valence-electron chi connectivity index (χ0n) is 12.5. The summed E-state index contributed by atoms with van der Waals surface area (Å²) in [6, 6.07) is 9.16. The molecular formula is C16H25N3O. The number of hydrogen-bond acceptors (Lipinski definition) is 4. The third-order valence-electron chi connectivity index (χ3n) is 4.57. The lowest BCUT2D eigenvalue weighted by molar-refractivity contribution is 0.0628. The van der Waals surface area contributed by atoms with Crippen molar-refractivity contribution in [1.29, 1.82) is 0 Å². The predicted octanol–water partition coefficient (Wildman–Crippen LogP) is 1.69. The normalized spacial score (nSPS) is 28.1. The van der Waals surface area contributed by atoms with Gasteiger partial charge in [0.05, 0.1) is 7.11 Å². The van der Waals surface area contributed by atoms with Gasteiger partial charge in [-0.25, -0.2) is 5.01 Å². The molecular weight excluding hydrogens is 250 g/mol. The number of nitrogens with one attached hydrogen (secondary N) is 1. The van der Waals surface area contributed by atoms with Gasteiger partial charge in [-0.2, -0.15) is 0 Å². The topological polar surface area (TPSA) is 27.7 Å². The van der Waals surface area contributed by atoms with Gasteiger partial charge in [0.15, 0.2) is 0 Å². The highest BCUT2D eigenvalue weighted by Gasteiger charge is 2.32. The number of nitrogens with zero attached hydrogens (tertiary/aromatic N) is 2. The molecule has 1 heterocycles. The molecule has 2 aliphatic rings. The first-order valence-electron chi connectivity index (χ1n) is 7.58. The van der Waals surface area contributed by atoms with Gasteiger partial charge in [0.25, 0.3) is 0 Å². The van der Waals surface area contributed by atoms with Gasteiger partial charge >= 0.3 is 0 Å². The van der Waals surface area contributed by atoms with Crippen molar-refractivity contribution in [1.82, 2.24) is 15.3 Å². The van der Waals surface area contributed by atoms with Gasteiger partial charge in [0, 0.05) is 32.2 Å². The second-order valence-electron chi connectivity index (χ2n) is 6.06. The van der Waals surface area contributed by atoms with Gasteiger partial charge in [-0.15, -0.1) is 0 Å². The molecule has 0 bridgehead atoms. The first kappa shape index (κ1) is 13.9. The van der Waals surface area contributed by atoms with E-state index >= 15 is 0 Å². The molecule has 4 nitrogen and oxygen atoms in total. The smallest absolute Gasteiger partial charge is 0.119 e. The molecule has 0 amide bonds. The first-order valence-corrected chi connectivity index (χ1v) is 7.58. The average Bonchev–Trinajstić information content (AvgIpc) is 2.44. The van der Waals surface area contributed by atoms with E-state index in [0.29, 0.717) is 12.0 Å².